The van der Waals surface area contributed by atoms with Gasteiger partial charge in [0.15, 0.2) is 0 Å². The molecular formula is C18H22ClNO5. The molecule has 3 rings (SSSR count). The number of likely N-dealkylation sites (tertiary alicyclic amines) is 1. The predicted molar refractivity (Wildman–Crippen MR) is 92.1 cm³/mol. The predicted octanol–water partition coefficient (Wildman–Crippen LogP) is 2.69. The number of carboxylic acids is 1. The summed E-state index contributed by atoms with van der Waals surface area (Å²) in [4.78, 5) is 25.8. The number of hydrogen-bond donors (Lipinski definition) is 1. The van der Waals surface area contributed by atoms with E-state index in [0.29, 0.717) is 42.6 Å². The van der Waals surface area contributed by atoms with E-state index in [4.69, 9.17) is 21.1 Å². The number of nitrogens with zero attached hydrogens (tertiary/aromatic N) is 1. The minimum Gasteiger partial charge on any atom is -0.490 e. The van der Waals surface area contributed by atoms with E-state index in [-0.39, 0.29) is 17.2 Å². The number of ether oxygens (including phenoxy) is 2. The second kappa shape index (κ2) is 7.22. The number of aliphatic carboxylic acids is 1. The first-order valence-electron chi connectivity index (χ1n) is 8.40. The zero-order chi connectivity index (χ0) is 18.0. The maximum absolute atomic E-state index is 12.9. The normalized spacial score (nSPS) is 21.2. The van der Waals surface area contributed by atoms with Gasteiger partial charge in [-0.05, 0) is 42.9 Å². The molecule has 2 fully saturated rings. The molecule has 1 aromatic rings. The summed E-state index contributed by atoms with van der Waals surface area (Å²) in [5.41, 5.74) is 0.333. The molecule has 1 saturated heterocycles. The van der Waals surface area contributed by atoms with Crippen LogP contribution in [0.4, 0.5) is 0 Å². The monoisotopic (exact) mass is 367 g/mol. The summed E-state index contributed by atoms with van der Waals surface area (Å²) in [5.74, 6) is -0.605. The SMILES string of the molecule is COCCOc1ccc(Cl)cc1C(=O)N1CCC2(CC1)CC2C(=O)O. The minimum absolute atomic E-state index is 0.102. The molecule has 0 radical (unpaired) electrons. The van der Waals surface area contributed by atoms with Crippen LogP contribution in [-0.2, 0) is 9.53 Å². The van der Waals surface area contributed by atoms with Crippen molar-refractivity contribution in [1.82, 2.24) is 4.90 Å². The van der Waals surface area contributed by atoms with E-state index in [2.05, 4.69) is 0 Å². The number of carboxylic acid groups (broad SMARTS) is 1. The number of rotatable bonds is 6. The molecule has 1 aliphatic heterocycles. The van der Waals surface area contributed by atoms with Crippen LogP contribution in [0, 0.1) is 11.3 Å². The molecule has 6 nitrogen and oxygen atoms in total. The van der Waals surface area contributed by atoms with Crippen LogP contribution in [0.5, 0.6) is 5.75 Å². The maximum Gasteiger partial charge on any atom is 0.307 e. The Morgan fingerprint density at radius 3 is 2.64 bits per heavy atom. The van der Waals surface area contributed by atoms with Crippen LogP contribution in [-0.4, -0.2) is 55.3 Å². The zero-order valence-corrected chi connectivity index (χ0v) is 14.9. The van der Waals surface area contributed by atoms with E-state index >= 15 is 0 Å². The first-order chi connectivity index (χ1) is 12.0. The number of amides is 1. The van der Waals surface area contributed by atoms with Crippen LogP contribution in [0.3, 0.4) is 0 Å². The van der Waals surface area contributed by atoms with Gasteiger partial charge in [-0.25, -0.2) is 0 Å². The Balaban J connectivity index is 1.67. The highest BCUT2D eigenvalue weighted by molar-refractivity contribution is 6.31. The molecule has 2 aliphatic rings. The molecule has 1 unspecified atom stereocenters. The standard InChI is InChI=1S/C18H22ClNO5/c1-24-8-9-25-15-3-2-12(19)10-13(15)16(21)20-6-4-18(5-7-20)11-14(18)17(22)23/h2-3,10,14H,4-9,11H2,1H3,(H,22,23). The van der Waals surface area contributed by atoms with Gasteiger partial charge in [-0.15, -0.1) is 0 Å². The largest absolute Gasteiger partial charge is 0.490 e. The third-order valence-electron chi connectivity index (χ3n) is 5.25. The van der Waals surface area contributed by atoms with Gasteiger partial charge in [-0.3, -0.25) is 9.59 Å². The summed E-state index contributed by atoms with van der Waals surface area (Å²) in [6.07, 6.45) is 2.19. The Labute approximate surface area is 151 Å². The highest BCUT2D eigenvalue weighted by Gasteiger charge is 2.59. The van der Waals surface area contributed by atoms with Gasteiger partial charge in [0.1, 0.15) is 12.4 Å². The second-order valence-electron chi connectivity index (χ2n) is 6.73. The summed E-state index contributed by atoms with van der Waals surface area (Å²) >= 11 is 6.05. The number of halogens is 1. The molecule has 136 valence electrons. The third-order valence-corrected chi connectivity index (χ3v) is 5.49. The van der Waals surface area contributed by atoms with Gasteiger partial charge in [-0.2, -0.15) is 0 Å². The molecule has 0 aromatic heterocycles. The number of carbonyl (C=O) groups excluding carboxylic acids is 1. The molecule has 7 heteroatoms. The van der Waals surface area contributed by atoms with Crippen molar-refractivity contribution in [2.75, 3.05) is 33.4 Å². The Kier molecular flexibility index (Phi) is 5.20. The first-order valence-corrected chi connectivity index (χ1v) is 8.78. The highest BCUT2D eigenvalue weighted by atomic mass is 35.5. The summed E-state index contributed by atoms with van der Waals surface area (Å²) in [6.45, 7) is 1.90. The lowest BCUT2D eigenvalue weighted by Crippen LogP contribution is -2.40. The average Bonchev–Trinajstić information content (AvgIpc) is 3.30. The Bertz CT molecular complexity index is 669. The lowest BCUT2D eigenvalue weighted by Gasteiger charge is -2.33. The van der Waals surface area contributed by atoms with E-state index in [1.807, 2.05) is 0 Å². The van der Waals surface area contributed by atoms with Gasteiger partial charge in [0, 0.05) is 25.2 Å². The topological polar surface area (TPSA) is 76.1 Å². The van der Waals surface area contributed by atoms with Crippen molar-refractivity contribution in [3.63, 3.8) is 0 Å². The van der Waals surface area contributed by atoms with Crippen LogP contribution >= 0.6 is 11.6 Å². The number of carbonyl (C=O) groups is 2. The molecule has 1 amide bonds. The summed E-state index contributed by atoms with van der Waals surface area (Å²) in [7, 11) is 1.59. The van der Waals surface area contributed by atoms with Gasteiger partial charge in [0.25, 0.3) is 5.91 Å². The van der Waals surface area contributed by atoms with Gasteiger partial charge in [-0.1, -0.05) is 11.6 Å². The fourth-order valence-corrected chi connectivity index (χ4v) is 3.78. The molecule has 0 bridgehead atoms. The Morgan fingerprint density at radius 2 is 2.04 bits per heavy atom. The lowest BCUT2D eigenvalue weighted by molar-refractivity contribution is -0.139. The van der Waals surface area contributed by atoms with Crippen LogP contribution in [0.15, 0.2) is 18.2 Å². The van der Waals surface area contributed by atoms with Gasteiger partial charge in [0.05, 0.1) is 18.1 Å². The smallest absolute Gasteiger partial charge is 0.307 e. The molecule has 1 N–H and O–H groups in total. The van der Waals surface area contributed by atoms with Crippen molar-refractivity contribution in [3.05, 3.63) is 28.8 Å². The van der Waals surface area contributed by atoms with Crippen LogP contribution in [0.25, 0.3) is 0 Å². The fraction of sp³-hybridized carbons (Fsp3) is 0.556. The van der Waals surface area contributed by atoms with E-state index in [9.17, 15) is 14.7 Å². The molecular weight excluding hydrogens is 346 g/mol. The van der Waals surface area contributed by atoms with Crippen LogP contribution in [0.1, 0.15) is 29.6 Å². The zero-order valence-electron chi connectivity index (χ0n) is 14.2. The highest BCUT2D eigenvalue weighted by Crippen LogP contribution is 2.59. The van der Waals surface area contributed by atoms with Crippen molar-refractivity contribution in [2.45, 2.75) is 19.3 Å². The van der Waals surface area contributed by atoms with E-state index in [1.165, 1.54) is 0 Å². The van der Waals surface area contributed by atoms with Crippen LogP contribution in [0.2, 0.25) is 5.02 Å². The number of benzene rings is 1. The molecule has 1 saturated carbocycles. The number of methoxy groups -OCH3 is 1. The van der Waals surface area contributed by atoms with Crippen LogP contribution < -0.4 is 4.74 Å². The van der Waals surface area contributed by atoms with Crippen molar-refractivity contribution in [2.24, 2.45) is 11.3 Å². The van der Waals surface area contributed by atoms with Crippen molar-refractivity contribution in [1.29, 1.82) is 0 Å². The molecule has 1 atom stereocenters. The average molecular weight is 368 g/mol. The fourth-order valence-electron chi connectivity index (χ4n) is 3.61. The molecule has 1 aromatic carbocycles. The third kappa shape index (κ3) is 3.75. The lowest BCUT2D eigenvalue weighted by atomic mass is 9.90. The maximum atomic E-state index is 12.9. The molecule has 1 heterocycles. The quantitative estimate of drug-likeness (QED) is 0.782. The van der Waals surface area contributed by atoms with Gasteiger partial charge in [0.2, 0.25) is 0 Å². The number of piperidine rings is 1. The van der Waals surface area contributed by atoms with Gasteiger partial charge >= 0.3 is 5.97 Å². The Hall–Kier alpha value is -1.79. The number of hydrogen-bond acceptors (Lipinski definition) is 4. The molecule has 1 aliphatic carbocycles. The summed E-state index contributed by atoms with van der Waals surface area (Å²) in [6, 6.07) is 5.00. The van der Waals surface area contributed by atoms with Crippen molar-refractivity contribution in [3.8, 4) is 5.75 Å². The second-order valence-corrected chi connectivity index (χ2v) is 7.17. The van der Waals surface area contributed by atoms with E-state index < -0.39 is 5.97 Å². The molecule has 1 spiro atoms. The van der Waals surface area contributed by atoms with E-state index in [1.54, 1.807) is 30.2 Å². The van der Waals surface area contributed by atoms with E-state index in [0.717, 1.165) is 19.3 Å². The molecule has 25 heavy (non-hydrogen) atoms. The minimum atomic E-state index is -0.719. The van der Waals surface area contributed by atoms with Crippen molar-refractivity contribution < 1.29 is 24.2 Å². The van der Waals surface area contributed by atoms with Gasteiger partial charge < -0.3 is 19.5 Å². The Morgan fingerprint density at radius 1 is 1.32 bits per heavy atom. The van der Waals surface area contributed by atoms with Crippen molar-refractivity contribution >= 4 is 23.5 Å². The summed E-state index contributed by atoms with van der Waals surface area (Å²) < 4.78 is 10.6. The first kappa shape index (κ1) is 18.0. The summed E-state index contributed by atoms with van der Waals surface area (Å²) in [5, 5.41) is 9.65.